The van der Waals surface area contributed by atoms with E-state index in [1.54, 1.807) is 24.3 Å². The van der Waals surface area contributed by atoms with Crippen molar-refractivity contribution in [2.45, 2.75) is 19.6 Å². The highest BCUT2D eigenvalue weighted by Gasteiger charge is 2.37. The van der Waals surface area contributed by atoms with Crippen LogP contribution in [0.5, 0.6) is 0 Å². The molecule has 0 radical (unpaired) electrons. The SMILES string of the molecule is Cc1cc(=O)n2nc(C(F)(F)F)nc2n1CC(=O)Nc1cccc(Br)c1. The zero-order valence-corrected chi connectivity index (χ0v) is 14.8. The summed E-state index contributed by atoms with van der Waals surface area (Å²) >= 11 is 3.27. The molecule has 0 spiro atoms. The number of benzene rings is 1. The average molecular weight is 430 g/mol. The third-order valence-corrected chi connectivity index (χ3v) is 3.96. The number of alkyl halides is 3. The number of amides is 1. The summed E-state index contributed by atoms with van der Waals surface area (Å²) in [5.41, 5.74) is 0.0358. The molecule has 0 saturated carbocycles. The Labute approximate surface area is 152 Å². The van der Waals surface area contributed by atoms with E-state index in [9.17, 15) is 22.8 Å². The van der Waals surface area contributed by atoms with Gasteiger partial charge in [0.25, 0.3) is 11.4 Å². The fraction of sp³-hybridized carbons (Fsp3) is 0.200. The van der Waals surface area contributed by atoms with E-state index in [0.717, 1.165) is 10.5 Å². The van der Waals surface area contributed by atoms with Gasteiger partial charge in [-0.2, -0.15) is 22.7 Å². The van der Waals surface area contributed by atoms with Crippen molar-refractivity contribution < 1.29 is 18.0 Å². The summed E-state index contributed by atoms with van der Waals surface area (Å²) in [6, 6.07) is 7.92. The Morgan fingerprint density at radius 1 is 1.31 bits per heavy atom. The highest BCUT2D eigenvalue weighted by Crippen LogP contribution is 2.26. The standard InChI is InChI=1S/C15H11BrF3N5O2/c1-8-5-12(26)24-14(21-13(22-24)15(17,18)19)23(8)7-11(25)20-10-4-2-3-9(16)6-10/h2-6H,7H2,1H3,(H,20,25). The second-order valence-electron chi connectivity index (χ2n) is 5.41. The van der Waals surface area contributed by atoms with E-state index in [-0.39, 0.29) is 18.0 Å². The fourth-order valence-corrected chi connectivity index (χ4v) is 2.73. The monoisotopic (exact) mass is 429 g/mol. The summed E-state index contributed by atoms with van der Waals surface area (Å²) in [7, 11) is 0. The Balaban J connectivity index is 1.97. The van der Waals surface area contributed by atoms with Gasteiger partial charge in [0, 0.05) is 21.9 Å². The molecule has 2 heterocycles. The number of rotatable bonds is 3. The third-order valence-electron chi connectivity index (χ3n) is 3.46. The summed E-state index contributed by atoms with van der Waals surface area (Å²) in [6.07, 6.45) is -4.80. The maximum atomic E-state index is 12.8. The third kappa shape index (κ3) is 3.62. The molecule has 0 saturated heterocycles. The van der Waals surface area contributed by atoms with Gasteiger partial charge in [0.05, 0.1) is 0 Å². The van der Waals surface area contributed by atoms with Crippen LogP contribution in [0.4, 0.5) is 18.9 Å². The van der Waals surface area contributed by atoms with E-state index in [4.69, 9.17) is 0 Å². The van der Waals surface area contributed by atoms with Crippen LogP contribution in [0.25, 0.3) is 5.78 Å². The molecule has 11 heteroatoms. The van der Waals surface area contributed by atoms with Crippen molar-refractivity contribution >= 4 is 33.3 Å². The Morgan fingerprint density at radius 3 is 2.69 bits per heavy atom. The predicted molar refractivity (Wildman–Crippen MR) is 89.8 cm³/mol. The quantitative estimate of drug-likeness (QED) is 0.693. The average Bonchev–Trinajstić information content (AvgIpc) is 2.97. The van der Waals surface area contributed by atoms with Crippen molar-refractivity contribution in [2.24, 2.45) is 0 Å². The van der Waals surface area contributed by atoms with E-state index in [0.29, 0.717) is 10.2 Å². The van der Waals surface area contributed by atoms with Crippen molar-refractivity contribution in [1.29, 1.82) is 0 Å². The molecule has 2 aromatic heterocycles. The second kappa shape index (κ2) is 6.56. The first kappa shape index (κ1) is 18.1. The first-order chi connectivity index (χ1) is 12.1. The lowest BCUT2D eigenvalue weighted by Gasteiger charge is -2.11. The predicted octanol–water partition coefficient (Wildman–Crippen LogP) is 2.62. The molecule has 0 fully saturated rings. The molecule has 7 nitrogen and oxygen atoms in total. The van der Waals surface area contributed by atoms with Gasteiger partial charge in [0.15, 0.2) is 0 Å². The lowest BCUT2D eigenvalue weighted by atomic mass is 10.3. The summed E-state index contributed by atoms with van der Waals surface area (Å²) < 4.78 is 41.0. The van der Waals surface area contributed by atoms with E-state index in [2.05, 4.69) is 31.3 Å². The lowest BCUT2D eigenvalue weighted by Crippen LogP contribution is -2.25. The van der Waals surface area contributed by atoms with Crippen molar-refractivity contribution in [3.63, 3.8) is 0 Å². The normalized spacial score (nSPS) is 11.7. The lowest BCUT2D eigenvalue weighted by molar-refractivity contribution is -0.144. The first-order valence-corrected chi connectivity index (χ1v) is 8.04. The van der Waals surface area contributed by atoms with Crippen molar-refractivity contribution in [3.8, 4) is 0 Å². The highest BCUT2D eigenvalue weighted by atomic mass is 79.9. The molecule has 0 atom stereocenters. The number of nitrogens with zero attached hydrogens (tertiary/aromatic N) is 4. The molecule has 1 aromatic carbocycles. The molecule has 1 amide bonds. The Kier molecular flexibility index (Phi) is 4.57. The van der Waals surface area contributed by atoms with Crippen LogP contribution in [0.15, 0.2) is 39.6 Å². The minimum absolute atomic E-state index is 0.285. The molecule has 3 aromatic rings. The van der Waals surface area contributed by atoms with Gasteiger partial charge in [0.2, 0.25) is 11.7 Å². The van der Waals surface area contributed by atoms with Gasteiger partial charge in [-0.25, -0.2) is 0 Å². The van der Waals surface area contributed by atoms with E-state index >= 15 is 0 Å². The van der Waals surface area contributed by atoms with Crippen LogP contribution >= 0.6 is 15.9 Å². The second-order valence-corrected chi connectivity index (χ2v) is 6.33. The van der Waals surface area contributed by atoms with Crippen LogP contribution in [0.2, 0.25) is 0 Å². The number of aromatic nitrogens is 4. The van der Waals surface area contributed by atoms with Gasteiger partial charge in [-0.1, -0.05) is 22.0 Å². The maximum absolute atomic E-state index is 12.8. The number of aryl methyl sites for hydroxylation is 1. The molecule has 0 aliphatic rings. The Bertz CT molecular complexity index is 1060. The Hall–Kier alpha value is -2.69. The summed E-state index contributed by atoms with van der Waals surface area (Å²) in [4.78, 5) is 27.5. The number of nitrogens with one attached hydrogen (secondary N) is 1. The summed E-state index contributed by atoms with van der Waals surface area (Å²) in [5, 5.41) is 5.82. The smallest absolute Gasteiger partial charge is 0.324 e. The van der Waals surface area contributed by atoms with Gasteiger partial charge >= 0.3 is 6.18 Å². The number of carbonyl (C=O) groups is 1. The number of carbonyl (C=O) groups excluding carboxylic acids is 1. The zero-order valence-electron chi connectivity index (χ0n) is 13.2. The minimum Gasteiger partial charge on any atom is -0.324 e. The van der Waals surface area contributed by atoms with Crippen molar-refractivity contribution in [2.75, 3.05) is 5.32 Å². The van der Waals surface area contributed by atoms with Crippen LogP contribution in [0.1, 0.15) is 11.5 Å². The largest absolute Gasteiger partial charge is 0.453 e. The molecular weight excluding hydrogens is 419 g/mol. The Morgan fingerprint density at radius 2 is 2.04 bits per heavy atom. The van der Waals surface area contributed by atoms with Crippen LogP contribution in [0, 0.1) is 6.92 Å². The number of hydrogen-bond donors (Lipinski definition) is 1. The molecule has 0 aliphatic heterocycles. The topological polar surface area (TPSA) is 81.3 Å². The number of halogens is 4. The van der Waals surface area contributed by atoms with E-state index in [1.165, 1.54) is 11.5 Å². The van der Waals surface area contributed by atoms with Gasteiger partial charge in [-0.05, 0) is 25.1 Å². The molecule has 3 rings (SSSR count). The molecular formula is C15H11BrF3N5O2. The number of fused-ring (bicyclic) bond motifs is 1. The molecule has 136 valence electrons. The summed E-state index contributed by atoms with van der Waals surface area (Å²) in [5.74, 6) is -2.29. The molecule has 0 aliphatic carbocycles. The molecule has 26 heavy (non-hydrogen) atoms. The van der Waals surface area contributed by atoms with Crippen LogP contribution < -0.4 is 10.9 Å². The maximum Gasteiger partial charge on any atom is 0.453 e. The van der Waals surface area contributed by atoms with E-state index in [1.807, 2.05) is 0 Å². The zero-order chi connectivity index (χ0) is 19.1. The first-order valence-electron chi connectivity index (χ1n) is 7.25. The van der Waals surface area contributed by atoms with Crippen LogP contribution in [-0.2, 0) is 17.5 Å². The molecule has 0 bridgehead atoms. The van der Waals surface area contributed by atoms with Gasteiger partial charge in [-0.3, -0.25) is 9.59 Å². The van der Waals surface area contributed by atoms with Gasteiger partial charge < -0.3 is 9.88 Å². The number of hydrogen-bond acceptors (Lipinski definition) is 4. The summed E-state index contributed by atoms with van der Waals surface area (Å²) in [6.45, 7) is 1.16. The number of anilines is 1. The van der Waals surface area contributed by atoms with Crippen LogP contribution in [-0.4, -0.2) is 25.1 Å². The molecule has 0 unspecified atom stereocenters. The highest BCUT2D eigenvalue weighted by molar-refractivity contribution is 9.10. The molecule has 1 N–H and O–H groups in total. The fourth-order valence-electron chi connectivity index (χ4n) is 2.33. The minimum atomic E-state index is -4.80. The van der Waals surface area contributed by atoms with Gasteiger partial charge in [0.1, 0.15) is 6.54 Å². The van der Waals surface area contributed by atoms with Crippen molar-refractivity contribution in [3.05, 3.63) is 56.7 Å². The van der Waals surface area contributed by atoms with Crippen molar-refractivity contribution in [1.82, 2.24) is 19.2 Å². The van der Waals surface area contributed by atoms with E-state index < -0.39 is 23.5 Å². The van der Waals surface area contributed by atoms with Gasteiger partial charge in [-0.15, -0.1) is 5.10 Å². The van der Waals surface area contributed by atoms with Crippen LogP contribution in [0.3, 0.4) is 0 Å².